The average Bonchev–Trinajstić information content (AvgIpc) is 3.08. The molecule has 2 heteroatoms. The molecule has 2 aromatic rings. The number of benzene rings is 2. The van der Waals surface area contributed by atoms with Crippen LogP contribution in [0.15, 0.2) is 48.5 Å². The molecule has 0 N–H and O–H groups in total. The summed E-state index contributed by atoms with van der Waals surface area (Å²) in [4.78, 5) is 12.3. The number of hydrogen-bond acceptors (Lipinski definition) is 2. The van der Waals surface area contributed by atoms with Gasteiger partial charge in [-0.2, -0.15) is 0 Å². The summed E-state index contributed by atoms with van der Waals surface area (Å²) in [6, 6.07) is 16.4. The first kappa shape index (κ1) is 16.8. The Bertz CT molecular complexity index is 739. The van der Waals surface area contributed by atoms with Gasteiger partial charge in [-0.3, -0.25) is 4.79 Å². The van der Waals surface area contributed by atoms with Gasteiger partial charge < -0.3 is 4.74 Å². The molecule has 2 aromatic carbocycles. The van der Waals surface area contributed by atoms with Gasteiger partial charge in [-0.05, 0) is 53.5 Å². The number of esters is 1. The van der Waals surface area contributed by atoms with Crippen LogP contribution in [-0.2, 0) is 4.79 Å². The number of carbonyl (C=O) groups is 1. The van der Waals surface area contributed by atoms with Crippen LogP contribution in [-0.4, -0.2) is 5.97 Å². The van der Waals surface area contributed by atoms with Crippen LogP contribution in [0.2, 0.25) is 0 Å². The maximum Gasteiger partial charge on any atom is 0.317 e. The third-order valence-corrected chi connectivity index (χ3v) is 5.59. The normalized spacial score (nSPS) is 21.6. The Morgan fingerprint density at radius 2 is 1.38 bits per heavy atom. The standard InChI is InChI=1S/C22H26O2/c1-15(2)16-6-8-17(9-7-16)18-10-12-19(13-11-18)24-20(23)22(5)14-21(22,3)4/h6-13,15H,14H2,1-5H3. The summed E-state index contributed by atoms with van der Waals surface area (Å²) in [5.74, 6) is 1.03. The Morgan fingerprint density at radius 3 is 1.79 bits per heavy atom. The predicted molar refractivity (Wildman–Crippen MR) is 98.1 cm³/mol. The molecule has 0 aliphatic heterocycles. The van der Waals surface area contributed by atoms with Gasteiger partial charge in [0.1, 0.15) is 5.75 Å². The van der Waals surface area contributed by atoms with Gasteiger partial charge in [0.2, 0.25) is 0 Å². The SMILES string of the molecule is CC(C)c1ccc(-c2ccc(OC(=O)C3(C)CC3(C)C)cc2)cc1. The summed E-state index contributed by atoms with van der Waals surface area (Å²) in [6.45, 7) is 10.6. The zero-order chi connectivity index (χ0) is 17.5. The van der Waals surface area contributed by atoms with Crippen LogP contribution >= 0.6 is 0 Å². The lowest BCUT2D eigenvalue weighted by Crippen LogP contribution is -2.23. The van der Waals surface area contributed by atoms with Gasteiger partial charge in [-0.25, -0.2) is 0 Å². The molecule has 1 fully saturated rings. The first-order chi connectivity index (χ1) is 11.2. The van der Waals surface area contributed by atoms with Crippen molar-refractivity contribution in [2.75, 3.05) is 0 Å². The maximum atomic E-state index is 12.3. The molecular weight excluding hydrogens is 296 g/mol. The predicted octanol–water partition coefficient (Wildman–Crippen LogP) is 5.82. The molecule has 0 saturated heterocycles. The largest absolute Gasteiger partial charge is 0.426 e. The van der Waals surface area contributed by atoms with Gasteiger partial charge >= 0.3 is 5.97 Å². The number of carbonyl (C=O) groups excluding carboxylic acids is 1. The third kappa shape index (κ3) is 2.98. The van der Waals surface area contributed by atoms with Crippen LogP contribution in [0.4, 0.5) is 0 Å². The van der Waals surface area contributed by atoms with E-state index in [0.29, 0.717) is 11.7 Å². The van der Waals surface area contributed by atoms with Crippen LogP contribution in [0.1, 0.15) is 52.5 Å². The third-order valence-electron chi connectivity index (χ3n) is 5.59. The fourth-order valence-corrected chi connectivity index (χ4v) is 3.18. The fraction of sp³-hybridized carbons (Fsp3) is 0.409. The minimum atomic E-state index is -0.349. The Morgan fingerprint density at radius 1 is 0.917 bits per heavy atom. The second kappa shape index (κ2) is 5.77. The second-order valence-electron chi connectivity index (χ2n) is 8.08. The van der Waals surface area contributed by atoms with Crippen molar-refractivity contribution in [3.05, 3.63) is 54.1 Å². The van der Waals surface area contributed by atoms with E-state index in [1.807, 2.05) is 31.2 Å². The van der Waals surface area contributed by atoms with E-state index in [-0.39, 0.29) is 16.8 Å². The van der Waals surface area contributed by atoms with Gasteiger partial charge in [-0.15, -0.1) is 0 Å². The summed E-state index contributed by atoms with van der Waals surface area (Å²) in [6.07, 6.45) is 0.888. The molecule has 0 heterocycles. The van der Waals surface area contributed by atoms with E-state index in [1.54, 1.807) is 0 Å². The maximum absolute atomic E-state index is 12.3. The number of ether oxygens (including phenoxy) is 1. The van der Waals surface area contributed by atoms with E-state index in [2.05, 4.69) is 52.0 Å². The van der Waals surface area contributed by atoms with Crippen molar-refractivity contribution in [2.24, 2.45) is 10.8 Å². The molecule has 1 aliphatic carbocycles. The molecule has 0 radical (unpaired) electrons. The molecule has 24 heavy (non-hydrogen) atoms. The highest BCUT2D eigenvalue weighted by atomic mass is 16.5. The lowest BCUT2D eigenvalue weighted by molar-refractivity contribution is -0.141. The molecule has 0 spiro atoms. The van der Waals surface area contributed by atoms with Crippen molar-refractivity contribution in [3.63, 3.8) is 0 Å². The van der Waals surface area contributed by atoms with Crippen LogP contribution in [0.3, 0.4) is 0 Å². The Kier molecular flexibility index (Phi) is 4.03. The topological polar surface area (TPSA) is 26.3 Å². The summed E-state index contributed by atoms with van der Waals surface area (Å²) in [5, 5.41) is 0. The Balaban J connectivity index is 1.71. The fourth-order valence-electron chi connectivity index (χ4n) is 3.18. The van der Waals surface area contributed by atoms with Gasteiger partial charge in [0.25, 0.3) is 0 Å². The van der Waals surface area contributed by atoms with Crippen molar-refractivity contribution < 1.29 is 9.53 Å². The zero-order valence-electron chi connectivity index (χ0n) is 15.2. The Labute approximate surface area is 144 Å². The van der Waals surface area contributed by atoms with Crippen molar-refractivity contribution >= 4 is 5.97 Å². The molecular formula is C22H26O2. The monoisotopic (exact) mass is 322 g/mol. The van der Waals surface area contributed by atoms with E-state index in [9.17, 15) is 4.79 Å². The summed E-state index contributed by atoms with van der Waals surface area (Å²) in [5.41, 5.74) is 3.33. The first-order valence-corrected chi connectivity index (χ1v) is 8.66. The van der Waals surface area contributed by atoms with Gasteiger partial charge in [0, 0.05) is 0 Å². The molecule has 0 aromatic heterocycles. The van der Waals surface area contributed by atoms with Crippen LogP contribution in [0, 0.1) is 10.8 Å². The molecule has 0 bridgehead atoms. The van der Waals surface area contributed by atoms with E-state index < -0.39 is 0 Å². The van der Waals surface area contributed by atoms with Crippen molar-refractivity contribution in [1.29, 1.82) is 0 Å². The van der Waals surface area contributed by atoms with E-state index in [1.165, 1.54) is 11.1 Å². The number of hydrogen-bond donors (Lipinski definition) is 0. The van der Waals surface area contributed by atoms with Crippen LogP contribution < -0.4 is 4.74 Å². The number of rotatable bonds is 4. The highest BCUT2D eigenvalue weighted by Crippen LogP contribution is 2.63. The minimum absolute atomic E-state index is 0.0438. The van der Waals surface area contributed by atoms with Gasteiger partial charge in [-0.1, -0.05) is 64.1 Å². The van der Waals surface area contributed by atoms with E-state index in [4.69, 9.17) is 4.74 Å². The van der Waals surface area contributed by atoms with E-state index in [0.717, 1.165) is 12.0 Å². The van der Waals surface area contributed by atoms with Crippen LogP contribution in [0.5, 0.6) is 5.75 Å². The Hall–Kier alpha value is -2.09. The van der Waals surface area contributed by atoms with Gasteiger partial charge in [0.05, 0.1) is 5.41 Å². The molecule has 1 aliphatic rings. The van der Waals surface area contributed by atoms with E-state index >= 15 is 0 Å². The summed E-state index contributed by atoms with van der Waals surface area (Å²) < 4.78 is 5.58. The van der Waals surface area contributed by atoms with Crippen molar-refractivity contribution in [2.45, 2.75) is 47.0 Å². The molecule has 3 rings (SSSR count). The van der Waals surface area contributed by atoms with Crippen molar-refractivity contribution in [3.8, 4) is 16.9 Å². The molecule has 1 saturated carbocycles. The quantitative estimate of drug-likeness (QED) is 0.524. The molecule has 2 nitrogen and oxygen atoms in total. The zero-order valence-corrected chi connectivity index (χ0v) is 15.2. The molecule has 1 unspecified atom stereocenters. The molecule has 1 atom stereocenters. The lowest BCUT2D eigenvalue weighted by Gasteiger charge is -2.14. The average molecular weight is 322 g/mol. The first-order valence-electron chi connectivity index (χ1n) is 8.66. The molecule has 126 valence electrons. The summed E-state index contributed by atoms with van der Waals surface area (Å²) in [7, 11) is 0. The van der Waals surface area contributed by atoms with Crippen molar-refractivity contribution in [1.82, 2.24) is 0 Å². The highest BCUT2D eigenvalue weighted by Gasteiger charge is 2.63. The van der Waals surface area contributed by atoms with Gasteiger partial charge in [0.15, 0.2) is 0 Å². The smallest absolute Gasteiger partial charge is 0.317 e. The highest BCUT2D eigenvalue weighted by molar-refractivity contribution is 5.83. The lowest BCUT2D eigenvalue weighted by atomic mass is 9.98. The van der Waals surface area contributed by atoms with Crippen LogP contribution in [0.25, 0.3) is 11.1 Å². The molecule has 0 amide bonds. The minimum Gasteiger partial charge on any atom is -0.426 e. The second-order valence-corrected chi connectivity index (χ2v) is 8.08. The summed E-state index contributed by atoms with van der Waals surface area (Å²) >= 11 is 0.